The van der Waals surface area contributed by atoms with E-state index in [0.717, 1.165) is 43.6 Å². The van der Waals surface area contributed by atoms with Gasteiger partial charge in [-0.3, -0.25) is 0 Å². The Morgan fingerprint density at radius 1 is 0.867 bits per heavy atom. The summed E-state index contributed by atoms with van der Waals surface area (Å²) in [5.41, 5.74) is 2.46. The molecule has 4 aliphatic rings. The van der Waals surface area contributed by atoms with E-state index < -0.39 is 0 Å². The number of fused-ring (bicyclic) bond motifs is 1. The second-order valence-electron chi connectivity index (χ2n) is 8.95. The van der Waals surface area contributed by atoms with Crippen LogP contribution in [0.2, 0.25) is 0 Å². The molecule has 30 heavy (non-hydrogen) atoms. The molecule has 158 valence electrons. The highest BCUT2D eigenvalue weighted by molar-refractivity contribution is 5.57. The van der Waals surface area contributed by atoms with E-state index in [9.17, 15) is 0 Å². The van der Waals surface area contributed by atoms with Crippen LogP contribution in [0.5, 0.6) is 11.5 Å². The molecule has 3 aliphatic heterocycles. The SMILES string of the molecule is c1cc(C2CC2)nc(N2CCC(NC3CCN(c4ccc5c(c4)OCO5)CC3)C2)n1. The largest absolute Gasteiger partial charge is 0.454 e. The molecule has 1 N–H and O–H groups in total. The lowest BCUT2D eigenvalue weighted by molar-refractivity contribution is 0.174. The van der Waals surface area contributed by atoms with Gasteiger partial charge in [0.25, 0.3) is 0 Å². The van der Waals surface area contributed by atoms with E-state index in [1.807, 2.05) is 12.3 Å². The molecule has 1 aromatic heterocycles. The molecule has 2 aromatic rings. The van der Waals surface area contributed by atoms with Crippen LogP contribution in [0.25, 0.3) is 0 Å². The summed E-state index contributed by atoms with van der Waals surface area (Å²) in [6.45, 7) is 4.53. The van der Waals surface area contributed by atoms with Crippen molar-refractivity contribution < 1.29 is 9.47 Å². The fraction of sp³-hybridized carbons (Fsp3) is 0.565. The lowest BCUT2D eigenvalue weighted by Gasteiger charge is -2.35. The maximum Gasteiger partial charge on any atom is 0.231 e. The first-order chi connectivity index (χ1) is 14.8. The van der Waals surface area contributed by atoms with Gasteiger partial charge in [0, 0.05) is 67.8 Å². The van der Waals surface area contributed by atoms with Crippen LogP contribution in [0.3, 0.4) is 0 Å². The molecule has 7 nitrogen and oxygen atoms in total. The number of aromatic nitrogens is 2. The Bertz CT molecular complexity index is 910. The van der Waals surface area contributed by atoms with Gasteiger partial charge in [0.2, 0.25) is 12.7 Å². The molecule has 1 unspecified atom stereocenters. The first-order valence-electron chi connectivity index (χ1n) is 11.3. The van der Waals surface area contributed by atoms with Crippen LogP contribution >= 0.6 is 0 Å². The Balaban J connectivity index is 1.01. The molecule has 0 spiro atoms. The number of benzene rings is 1. The van der Waals surface area contributed by atoms with Crippen molar-refractivity contribution in [1.29, 1.82) is 0 Å². The summed E-state index contributed by atoms with van der Waals surface area (Å²) in [5, 5.41) is 3.91. The van der Waals surface area contributed by atoms with Gasteiger partial charge < -0.3 is 24.6 Å². The van der Waals surface area contributed by atoms with E-state index in [1.165, 1.54) is 43.5 Å². The molecule has 0 radical (unpaired) electrons. The minimum absolute atomic E-state index is 0.332. The minimum atomic E-state index is 0.332. The summed E-state index contributed by atoms with van der Waals surface area (Å²) < 4.78 is 11.0. The first kappa shape index (κ1) is 18.2. The van der Waals surface area contributed by atoms with Crippen LogP contribution in [-0.4, -0.2) is 55.0 Å². The molecule has 3 fully saturated rings. The van der Waals surface area contributed by atoms with Gasteiger partial charge in [-0.15, -0.1) is 0 Å². The lowest BCUT2D eigenvalue weighted by atomic mass is 10.0. The molecule has 1 aliphatic carbocycles. The molecule has 6 rings (SSSR count). The number of nitrogens with zero attached hydrogens (tertiary/aromatic N) is 4. The van der Waals surface area contributed by atoms with Gasteiger partial charge in [-0.1, -0.05) is 0 Å². The van der Waals surface area contributed by atoms with Gasteiger partial charge in [0.15, 0.2) is 11.5 Å². The van der Waals surface area contributed by atoms with E-state index in [2.05, 4.69) is 38.3 Å². The van der Waals surface area contributed by atoms with Crippen LogP contribution < -0.4 is 24.6 Å². The zero-order chi connectivity index (χ0) is 19.9. The summed E-state index contributed by atoms with van der Waals surface area (Å²) in [7, 11) is 0. The average Bonchev–Trinajstić information content (AvgIpc) is 3.36. The number of hydrogen-bond acceptors (Lipinski definition) is 7. The monoisotopic (exact) mass is 407 g/mol. The number of anilines is 2. The van der Waals surface area contributed by atoms with Crippen molar-refractivity contribution in [3.63, 3.8) is 0 Å². The Hall–Kier alpha value is -2.54. The quantitative estimate of drug-likeness (QED) is 0.818. The Morgan fingerprint density at radius 3 is 2.53 bits per heavy atom. The summed E-state index contributed by atoms with van der Waals surface area (Å²) in [6.07, 6.45) is 8.00. The number of piperidine rings is 1. The van der Waals surface area contributed by atoms with E-state index in [0.29, 0.717) is 24.8 Å². The predicted octanol–water partition coefficient (Wildman–Crippen LogP) is 2.92. The molecule has 1 atom stereocenters. The number of ether oxygens (including phenoxy) is 2. The summed E-state index contributed by atoms with van der Waals surface area (Å²) in [6, 6.07) is 9.47. The lowest BCUT2D eigenvalue weighted by Crippen LogP contribution is -2.47. The van der Waals surface area contributed by atoms with Gasteiger partial charge in [-0.25, -0.2) is 9.97 Å². The third-order valence-electron chi connectivity index (χ3n) is 6.82. The molecule has 1 aromatic carbocycles. The van der Waals surface area contributed by atoms with Crippen LogP contribution in [0, 0.1) is 0 Å². The fourth-order valence-corrected chi connectivity index (χ4v) is 4.92. The third-order valence-corrected chi connectivity index (χ3v) is 6.82. The number of rotatable bonds is 5. The van der Waals surface area contributed by atoms with Crippen molar-refractivity contribution in [1.82, 2.24) is 15.3 Å². The van der Waals surface area contributed by atoms with Crippen LogP contribution in [-0.2, 0) is 0 Å². The Kier molecular flexibility index (Phi) is 4.63. The summed E-state index contributed by atoms with van der Waals surface area (Å²) in [4.78, 5) is 14.2. The topological polar surface area (TPSA) is 62.8 Å². The van der Waals surface area contributed by atoms with Gasteiger partial charge in [0.05, 0.1) is 0 Å². The number of hydrogen-bond donors (Lipinski definition) is 1. The van der Waals surface area contributed by atoms with Gasteiger partial charge in [-0.2, -0.15) is 0 Å². The molecule has 0 bridgehead atoms. The Morgan fingerprint density at radius 2 is 1.67 bits per heavy atom. The van der Waals surface area contributed by atoms with E-state index in [4.69, 9.17) is 14.5 Å². The van der Waals surface area contributed by atoms with Crippen molar-refractivity contribution >= 4 is 11.6 Å². The zero-order valence-corrected chi connectivity index (χ0v) is 17.3. The fourth-order valence-electron chi connectivity index (χ4n) is 4.92. The smallest absolute Gasteiger partial charge is 0.231 e. The van der Waals surface area contributed by atoms with Gasteiger partial charge in [-0.05, 0) is 50.3 Å². The minimum Gasteiger partial charge on any atom is -0.454 e. The van der Waals surface area contributed by atoms with Crippen molar-refractivity contribution in [3.05, 3.63) is 36.2 Å². The number of nitrogens with one attached hydrogen (secondary N) is 1. The second kappa shape index (κ2) is 7.61. The second-order valence-corrected chi connectivity index (χ2v) is 8.95. The highest BCUT2D eigenvalue weighted by atomic mass is 16.7. The van der Waals surface area contributed by atoms with Crippen molar-refractivity contribution in [3.8, 4) is 11.5 Å². The molecular weight excluding hydrogens is 378 g/mol. The molecule has 2 saturated heterocycles. The molecule has 0 amide bonds. The van der Waals surface area contributed by atoms with E-state index in [-0.39, 0.29) is 0 Å². The highest BCUT2D eigenvalue weighted by Gasteiger charge is 2.30. The third kappa shape index (κ3) is 3.67. The van der Waals surface area contributed by atoms with Crippen molar-refractivity contribution in [2.24, 2.45) is 0 Å². The highest BCUT2D eigenvalue weighted by Crippen LogP contribution is 2.39. The molecule has 1 saturated carbocycles. The maximum absolute atomic E-state index is 5.53. The average molecular weight is 408 g/mol. The van der Waals surface area contributed by atoms with E-state index in [1.54, 1.807) is 0 Å². The molecular formula is C23H29N5O2. The first-order valence-corrected chi connectivity index (χ1v) is 11.3. The summed E-state index contributed by atoms with van der Waals surface area (Å²) >= 11 is 0. The Labute approximate surface area is 177 Å². The van der Waals surface area contributed by atoms with Gasteiger partial charge >= 0.3 is 0 Å². The van der Waals surface area contributed by atoms with E-state index >= 15 is 0 Å². The zero-order valence-electron chi connectivity index (χ0n) is 17.3. The van der Waals surface area contributed by atoms with Crippen LogP contribution in [0.4, 0.5) is 11.6 Å². The van der Waals surface area contributed by atoms with Gasteiger partial charge in [0.1, 0.15) is 0 Å². The van der Waals surface area contributed by atoms with Crippen LogP contribution in [0.1, 0.15) is 43.7 Å². The predicted molar refractivity (Wildman–Crippen MR) is 116 cm³/mol. The standard InChI is InChI=1S/C23H29N5O2/c1-2-16(1)20-5-9-24-23(26-20)28-12-8-18(14-28)25-17-6-10-27(11-7-17)19-3-4-21-22(13-19)30-15-29-21/h3-5,9,13,16-18,25H,1-2,6-8,10-12,14-15H2. The molecule has 7 heteroatoms. The van der Waals surface area contributed by atoms with Crippen LogP contribution in [0.15, 0.2) is 30.5 Å². The van der Waals surface area contributed by atoms with Crippen molar-refractivity contribution in [2.45, 2.75) is 50.1 Å². The van der Waals surface area contributed by atoms with Crippen molar-refractivity contribution in [2.75, 3.05) is 42.8 Å². The molecule has 4 heterocycles. The normalized spacial score (nSPS) is 23.9. The maximum atomic E-state index is 5.53. The summed E-state index contributed by atoms with van der Waals surface area (Å²) in [5.74, 6) is 3.32.